The number of aldehydes is 1. The zero-order valence-corrected chi connectivity index (χ0v) is 8.16. The van der Waals surface area contributed by atoms with E-state index in [4.69, 9.17) is 9.47 Å². The third kappa shape index (κ3) is 2.29. The van der Waals surface area contributed by atoms with Crippen molar-refractivity contribution in [3.8, 4) is 23.3 Å². The van der Waals surface area contributed by atoms with E-state index < -0.39 is 0 Å². The molecule has 0 aliphatic carbocycles. The number of fused-ring (bicyclic) bond motifs is 1. The van der Waals surface area contributed by atoms with Crippen LogP contribution in [0.3, 0.4) is 0 Å². The maximum atomic E-state index is 10.1. The number of ether oxygens (including phenoxy) is 2. The van der Waals surface area contributed by atoms with Crippen molar-refractivity contribution in [1.82, 2.24) is 0 Å². The Labute approximate surface area is 88.0 Å². The van der Waals surface area contributed by atoms with Gasteiger partial charge < -0.3 is 9.47 Å². The molecule has 1 aromatic rings. The highest BCUT2D eigenvalue weighted by atomic mass is 16.5. The molecule has 3 nitrogen and oxygen atoms in total. The fraction of sp³-hybridized carbons (Fsp3) is 0.250. The van der Waals surface area contributed by atoms with Crippen LogP contribution in [0.4, 0.5) is 0 Å². The predicted molar refractivity (Wildman–Crippen MR) is 55.0 cm³/mol. The molecule has 0 fully saturated rings. The summed E-state index contributed by atoms with van der Waals surface area (Å²) in [6.07, 6.45) is 1.45. The molecule has 1 heterocycles. The van der Waals surface area contributed by atoms with Crippen molar-refractivity contribution in [1.29, 1.82) is 0 Å². The molecule has 2 rings (SSSR count). The molecule has 0 amide bonds. The molecule has 0 saturated carbocycles. The van der Waals surface area contributed by atoms with Crippen LogP contribution in [-0.4, -0.2) is 19.5 Å². The van der Waals surface area contributed by atoms with E-state index >= 15 is 0 Å². The molecule has 76 valence electrons. The zero-order chi connectivity index (χ0) is 10.5. The first-order chi connectivity index (χ1) is 7.40. The standard InChI is InChI=1S/C12H10O3/c13-6-1-3-10-4-5-11-12(9-10)15-8-2-7-14-11/h4-6,9H,2,7-8H2. The van der Waals surface area contributed by atoms with Gasteiger partial charge in [0.25, 0.3) is 0 Å². The highest BCUT2D eigenvalue weighted by Gasteiger charge is 2.09. The Morgan fingerprint density at radius 1 is 1.20 bits per heavy atom. The average Bonchev–Trinajstić information content (AvgIpc) is 2.50. The van der Waals surface area contributed by atoms with Crippen LogP contribution in [0.15, 0.2) is 18.2 Å². The fourth-order valence-corrected chi connectivity index (χ4v) is 1.35. The lowest BCUT2D eigenvalue weighted by atomic mass is 10.2. The smallest absolute Gasteiger partial charge is 0.193 e. The van der Waals surface area contributed by atoms with Gasteiger partial charge in [0.15, 0.2) is 17.8 Å². The Morgan fingerprint density at radius 3 is 2.80 bits per heavy atom. The van der Waals surface area contributed by atoms with E-state index in [9.17, 15) is 4.79 Å². The second-order valence-electron chi connectivity index (χ2n) is 3.10. The summed E-state index contributed by atoms with van der Waals surface area (Å²) in [6.45, 7) is 1.32. The van der Waals surface area contributed by atoms with Gasteiger partial charge in [-0.25, -0.2) is 0 Å². The zero-order valence-electron chi connectivity index (χ0n) is 8.16. The Bertz CT molecular complexity index is 426. The second-order valence-corrected chi connectivity index (χ2v) is 3.10. The van der Waals surface area contributed by atoms with E-state index in [2.05, 4.69) is 11.8 Å². The van der Waals surface area contributed by atoms with Crippen molar-refractivity contribution in [2.45, 2.75) is 6.42 Å². The van der Waals surface area contributed by atoms with E-state index in [1.54, 1.807) is 6.07 Å². The van der Waals surface area contributed by atoms with Crippen molar-refractivity contribution in [2.75, 3.05) is 13.2 Å². The molecule has 0 bridgehead atoms. The first kappa shape index (κ1) is 9.60. The lowest BCUT2D eigenvalue weighted by Crippen LogP contribution is -1.97. The molecule has 3 heteroatoms. The Balaban J connectivity index is 2.31. The molecule has 0 spiro atoms. The summed E-state index contributed by atoms with van der Waals surface area (Å²) >= 11 is 0. The van der Waals surface area contributed by atoms with Gasteiger partial charge in [-0.15, -0.1) is 0 Å². The van der Waals surface area contributed by atoms with Crippen LogP contribution in [0, 0.1) is 11.8 Å². The largest absolute Gasteiger partial charge is 0.490 e. The van der Waals surface area contributed by atoms with Gasteiger partial charge in [-0.3, -0.25) is 4.79 Å². The highest BCUT2D eigenvalue weighted by molar-refractivity contribution is 5.74. The fourth-order valence-electron chi connectivity index (χ4n) is 1.35. The molecule has 0 aromatic heterocycles. The van der Waals surface area contributed by atoms with Gasteiger partial charge in [0.05, 0.1) is 13.2 Å². The highest BCUT2D eigenvalue weighted by Crippen LogP contribution is 2.29. The number of carbonyl (C=O) groups is 1. The van der Waals surface area contributed by atoms with E-state index in [1.165, 1.54) is 0 Å². The summed E-state index contributed by atoms with van der Waals surface area (Å²) in [4.78, 5) is 10.1. The summed E-state index contributed by atoms with van der Waals surface area (Å²) in [5, 5.41) is 0. The maximum absolute atomic E-state index is 10.1. The van der Waals surface area contributed by atoms with E-state index in [-0.39, 0.29) is 0 Å². The molecule has 0 saturated heterocycles. The average molecular weight is 202 g/mol. The number of hydrogen-bond acceptors (Lipinski definition) is 3. The first-order valence-electron chi connectivity index (χ1n) is 4.75. The van der Waals surface area contributed by atoms with Crippen LogP contribution >= 0.6 is 0 Å². The monoisotopic (exact) mass is 202 g/mol. The number of benzene rings is 1. The third-order valence-corrected chi connectivity index (χ3v) is 2.02. The normalized spacial score (nSPS) is 13.3. The van der Waals surface area contributed by atoms with Gasteiger partial charge in [-0.2, -0.15) is 0 Å². The van der Waals surface area contributed by atoms with Crippen LogP contribution < -0.4 is 9.47 Å². The summed E-state index contributed by atoms with van der Waals surface area (Å²) in [5.74, 6) is 6.51. The van der Waals surface area contributed by atoms with Gasteiger partial charge >= 0.3 is 0 Å². The Hall–Kier alpha value is -1.95. The Morgan fingerprint density at radius 2 is 2.00 bits per heavy atom. The summed E-state index contributed by atoms with van der Waals surface area (Å²) in [7, 11) is 0. The molecule has 0 atom stereocenters. The predicted octanol–water partition coefficient (Wildman–Crippen LogP) is 1.40. The molecule has 15 heavy (non-hydrogen) atoms. The van der Waals surface area contributed by atoms with Crippen molar-refractivity contribution in [3.63, 3.8) is 0 Å². The molecular weight excluding hydrogens is 192 g/mol. The maximum Gasteiger partial charge on any atom is 0.193 e. The van der Waals surface area contributed by atoms with Crippen molar-refractivity contribution in [3.05, 3.63) is 23.8 Å². The summed E-state index contributed by atoms with van der Waals surface area (Å²) in [6, 6.07) is 5.41. The van der Waals surface area contributed by atoms with Gasteiger partial charge in [0, 0.05) is 12.0 Å². The van der Waals surface area contributed by atoms with Crippen LogP contribution in [0.2, 0.25) is 0 Å². The van der Waals surface area contributed by atoms with Crippen molar-refractivity contribution < 1.29 is 14.3 Å². The van der Waals surface area contributed by atoms with Crippen LogP contribution in [0.25, 0.3) is 0 Å². The lowest BCUT2D eigenvalue weighted by molar-refractivity contribution is -0.103. The molecule has 0 N–H and O–H groups in total. The Kier molecular flexibility index (Phi) is 2.89. The van der Waals surface area contributed by atoms with Crippen LogP contribution in [0.1, 0.15) is 12.0 Å². The second kappa shape index (κ2) is 4.52. The topological polar surface area (TPSA) is 35.5 Å². The SMILES string of the molecule is O=CC#Cc1ccc2c(c1)OCCCO2. The molecule has 0 unspecified atom stereocenters. The van der Waals surface area contributed by atoms with Crippen LogP contribution in [-0.2, 0) is 4.79 Å². The third-order valence-electron chi connectivity index (χ3n) is 2.02. The van der Waals surface area contributed by atoms with Gasteiger partial charge in [0.2, 0.25) is 0 Å². The summed E-state index contributed by atoms with van der Waals surface area (Å²) in [5.41, 5.74) is 0.756. The van der Waals surface area contributed by atoms with Crippen molar-refractivity contribution in [2.24, 2.45) is 0 Å². The number of hydrogen-bond donors (Lipinski definition) is 0. The number of rotatable bonds is 0. The molecular formula is C12H10O3. The number of carbonyl (C=O) groups excluding carboxylic acids is 1. The van der Waals surface area contributed by atoms with Crippen molar-refractivity contribution >= 4 is 6.29 Å². The lowest BCUT2D eigenvalue weighted by Gasteiger charge is -2.06. The van der Waals surface area contributed by atoms with Gasteiger partial charge in [-0.1, -0.05) is 5.92 Å². The first-order valence-corrected chi connectivity index (χ1v) is 4.75. The van der Waals surface area contributed by atoms with E-state index in [1.807, 2.05) is 12.1 Å². The van der Waals surface area contributed by atoms with Gasteiger partial charge in [0.1, 0.15) is 0 Å². The quantitative estimate of drug-likeness (QED) is 0.471. The van der Waals surface area contributed by atoms with E-state index in [0.717, 1.165) is 17.7 Å². The molecule has 1 aliphatic heterocycles. The minimum Gasteiger partial charge on any atom is -0.490 e. The summed E-state index contributed by atoms with van der Waals surface area (Å²) < 4.78 is 11.0. The minimum absolute atomic E-state index is 0.572. The molecule has 1 aromatic carbocycles. The minimum atomic E-state index is 0.572. The molecule has 1 aliphatic rings. The molecule has 0 radical (unpaired) electrons. The van der Waals surface area contributed by atoms with Crippen LogP contribution in [0.5, 0.6) is 11.5 Å². The van der Waals surface area contributed by atoms with Gasteiger partial charge in [-0.05, 0) is 24.1 Å². The van der Waals surface area contributed by atoms with E-state index in [0.29, 0.717) is 25.2 Å².